The molecule has 1 amide bonds. The van der Waals surface area contributed by atoms with E-state index in [1.54, 1.807) is 23.2 Å². The van der Waals surface area contributed by atoms with Crippen LogP contribution in [0.4, 0.5) is 0 Å². The molecule has 1 aromatic carbocycles. The fraction of sp³-hybridized carbons (Fsp3) is 0.167. The van der Waals surface area contributed by atoms with Gasteiger partial charge in [0.25, 0.3) is 5.91 Å². The minimum atomic E-state index is -0.169. The van der Waals surface area contributed by atoms with Gasteiger partial charge in [-0.25, -0.2) is 0 Å². The number of H-pyrrole nitrogens is 1. The molecular weight excluding hydrogens is 306 g/mol. The number of fused-ring (bicyclic) bond motifs is 1. The average Bonchev–Trinajstić information content (AvgIpc) is 3.11. The van der Waals surface area contributed by atoms with Crippen molar-refractivity contribution in [1.29, 1.82) is 0 Å². The first-order valence-corrected chi connectivity index (χ1v) is 7.72. The van der Waals surface area contributed by atoms with Crippen LogP contribution in [0.1, 0.15) is 21.6 Å². The third kappa shape index (κ3) is 2.62. The zero-order valence-electron chi connectivity index (χ0n) is 12.9. The summed E-state index contributed by atoms with van der Waals surface area (Å²) >= 11 is 0. The molecule has 0 bridgehead atoms. The molecular formula is C18H15N3O3. The van der Waals surface area contributed by atoms with E-state index < -0.39 is 0 Å². The number of amides is 1. The molecule has 6 nitrogen and oxygen atoms in total. The van der Waals surface area contributed by atoms with E-state index in [2.05, 4.69) is 10.1 Å². The number of nitrogens with zero attached hydrogens (tertiary/aromatic N) is 2. The van der Waals surface area contributed by atoms with Crippen molar-refractivity contribution < 1.29 is 9.32 Å². The van der Waals surface area contributed by atoms with Gasteiger partial charge in [-0.05, 0) is 17.5 Å². The number of hydrogen-bond acceptors (Lipinski definition) is 4. The van der Waals surface area contributed by atoms with Gasteiger partial charge >= 0.3 is 0 Å². The van der Waals surface area contributed by atoms with E-state index in [4.69, 9.17) is 4.52 Å². The number of carbonyl (C=O) groups is 1. The first kappa shape index (κ1) is 14.4. The molecule has 3 aromatic rings. The van der Waals surface area contributed by atoms with Crippen LogP contribution in [0, 0.1) is 0 Å². The molecule has 0 saturated heterocycles. The third-order valence-electron chi connectivity index (χ3n) is 4.19. The van der Waals surface area contributed by atoms with Gasteiger partial charge in [-0.3, -0.25) is 9.59 Å². The minimum Gasteiger partial charge on any atom is -0.355 e. The van der Waals surface area contributed by atoms with Crippen molar-refractivity contribution in [2.45, 2.75) is 13.0 Å². The maximum atomic E-state index is 12.7. The second-order valence-electron chi connectivity index (χ2n) is 5.77. The predicted molar refractivity (Wildman–Crippen MR) is 87.4 cm³/mol. The molecule has 0 aliphatic carbocycles. The van der Waals surface area contributed by atoms with E-state index in [0.717, 1.165) is 16.7 Å². The van der Waals surface area contributed by atoms with Gasteiger partial charge in [0, 0.05) is 37.0 Å². The maximum Gasteiger partial charge on any atom is 0.276 e. The Bertz CT molecular complexity index is 943. The Balaban J connectivity index is 1.56. The summed E-state index contributed by atoms with van der Waals surface area (Å²) in [5, 5.41) is 3.91. The average molecular weight is 321 g/mol. The van der Waals surface area contributed by atoms with Gasteiger partial charge in [-0.2, -0.15) is 0 Å². The standard InChI is InChI=1S/C18H15N3O3/c22-17-8-13-6-7-21(11-14(13)10-19-17)18(23)15-9-16(24-20-15)12-4-2-1-3-5-12/h1-5,8-10H,6-7,11H2,(H,19,22). The lowest BCUT2D eigenvalue weighted by Crippen LogP contribution is -2.36. The Hall–Kier alpha value is -3.15. The number of carbonyl (C=O) groups excluding carboxylic acids is 1. The van der Waals surface area contributed by atoms with Gasteiger partial charge in [0.2, 0.25) is 5.56 Å². The van der Waals surface area contributed by atoms with Gasteiger partial charge < -0.3 is 14.4 Å². The second-order valence-corrected chi connectivity index (χ2v) is 5.77. The first-order valence-electron chi connectivity index (χ1n) is 7.72. The van der Waals surface area contributed by atoms with Crippen molar-refractivity contribution in [2.24, 2.45) is 0 Å². The number of nitrogens with one attached hydrogen (secondary N) is 1. The zero-order chi connectivity index (χ0) is 16.5. The summed E-state index contributed by atoms with van der Waals surface area (Å²) in [4.78, 5) is 28.4. The summed E-state index contributed by atoms with van der Waals surface area (Å²) in [6.45, 7) is 1.02. The van der Waals surface area contributed by atoms with E-state index >= 15 is 0 Å². The Morgan fingerprint density at radius 2 is 2.00 bits per heavy atom. The number of rotatable bonds is 2. The molecule has 3 heterocycles. The van der Waals surface area contributed by atoms with E-state index in [1.165, 1.54) is 0 Å². The van der Waals surface area contributed by atoms with Crippen molar-refractivity contribution in [3.8, 4) is 11.3 Å². The summed E-state index contributed by atoms with van der Waals surface area (Å²) in [6, 6.07) is 12.8. The Kier molecular flexibility index (Phi) is 3.49. The number of aromatic nitrogens is 2. The van der Waals surface area contributed by atoms with Crippen LogP contribution in [0.25, 0.3) is 11.3 Å². The molecule has 4 rings (SSSR count). The maximum absolute atomic E-state index is 12.7. The monoisotopic (exact) mass is 321 g/mol. The highest BCUT2D eigenvalue weighted by atomic mass is 16.5. The summed E-state index contributed by atoms with van der Waals surface area (Å²) in [5.41, 5.74) is 3.01. The molecule has 0 unspecified atom stereocenters. The van der Waals surface area contributed by atoms with Gasteiger partial charge in [-0.1, -0.05) is 35.5 Å². The predicted octanol–water partition coefficient (Wildman–Crippen LogP) is 2.23. The molecule has 1 aliphatic heterocycles. The fourth-order valence-corrected chi connectivity index (χ4v) is 2.91. The summed E-state index contributed by atoms with van der Waals surface area (Å²) in [7, 11) is 0. The van der Waals surface area contributed by atoms with Gasteiger partial charge in [0.05, 0.1) is 0 Å². The minimum absolute atomic E-state index is 0.113. The van der Waals surface area contributed by atoms with Crippen molar-refractivity contribution in [1.82, 2.24) is 15.0 Å². The van der Waals surface area contributed by atoms with Crippen molar-refractivity contribution in [3.05, 3.63) is 75.8 Å². The normalized spacial score (nSPS) is 13.6. The highest BCUT2D eigenvalue weighted by molar-refractivity contribution is 5.93. The number of pyridine rings is 1. The molecule has 120 valence electrons. The lowest BCUT2D eigenvalue weighted by molar-refractivity contribution is 0.0724. The molecule has 1 N–H and O–H groups in total. The van der Waals surface area contributed by atoms with E-state index in [9.17, 15) is 9.59 Å². The van der Waals surface area contributed by atoms with Crippen LogP contribution in [0.15, 0.2) is 58.0 Å². The Morgan fingerprint density at radius 1 is 1.17 bits per heavy atom. The molecule has 0 atom stereocenters. The van der Waals surface area contributed by atoms with E-state index in [0.29, 0.717) is 31.0 Å². The lowest BCUT2D eigenvalue weighted by atomic mass is 10.0. The van der Waals surface area contributed by atoms with Crippen molar-refractivity contribution in [2.75, 3.05) is 6.54 Å². The lowest BCUT2D eigenvalue weighted by Gasteiger charge is -2.27. The smallest absolute Gasteiger partial charge is 0.276 e. The first-order chi connectivity index (χ1) is 11.7. The van der Waals surface area contributed by atoms with Gasteiger partial charge in [0.15, 0.2) is 11.5 Å². The van der Waals surface area contributed by atoms with Gasteiger partial charge in [-0.15, -0.1) is 0 Å². The number of benzene rings is 1. The van der Waals surface area contributed by atoms with Crippen LogP contribution in [0.3, 0.4) is 0 Å². The highest BCUT2D eigenvalue weighted by Gasteiger charge is 2.24. The van der Waals surface area contributed by atoms with Crippen molar-refractivity contribution >= 4 is 5.91 Å². The second kappa shape index (κ2) is 5.81. The SMILES string of the molecule is O=C(c1cc(-c2ccccc2)on1)N1CCc2cc(=O)[nH]cc2C1. The number of hydrogen-bond donors (Lipinski definition) is 1. The molecule has 0 radical (unpaired) electrons. The van der Waals surface area contributed by atoms with Gasteiger partial charge in [0.1, 0.15) is 0 Å². The van der Waals surface area contributed by atoms with Crippen LogP contribution in [0.2, 0.25) is 0 Å². The van der Waals surface area contributed by atoms with E-state index in [1.807, 2.05) is 30.3 Å². The molecule has 1 aliphatic rings. The molecule has 24 heavy (non-hydrogen) atoms. The molecule has 0 fully saturated rings. The van der Waals surface area contributed by atoms with Crippen LogP contribution in [-0.4, -0.2) is 27.5 Å². The van der Waals surface area contributed by atoms with Crippen LogP contribution in [-0.2, 0) is 13.0 Å². The summed E-state index contributed by atoms with van der Waals surface area (Å²) < 4.78 is 5.30. The zero-order valence-corrected chi connectivity index (χ0v) is 12.9. The molecule has 2 aromatic heterocycles. The van der Waals surface area contributed by atoms with Crippen LogP contribution >= 0.6 is 0 Å². The quantitative estimate of drug-likeness (QED) is 0.785. The topological polar surface area (TPSA) is 79.2 Å². The van der Waals surface area contributed by atoms with Crippen LogP contribution < -0.4 is 5.56 Å². The molecule has 0 spiro atoms. The Labute approximate surface area is 137 Å². The third-order valence-corrected chi connectivity index (χ3v) is 4.19. The van der Waals surface area contributed by atoms with Crippen molar-refractivity contribution in [3.63, 3.8) is 0 Å². The summed E-state index contributed by atoms with van der Waals surface area (Å²) in [5.74, 6) is 0.401. The molecule has 6 heteroatoms. The summed E-state index contributed by atoms with van der Waals surface area (Å²) in [6.07, 6.45) is 2.34. The largest absolute Gasteiger partial charge is 0.355 e. The van der Waals surface area contributed by atoms with Crippen LogP contribution in [0.5, 0.6) is 0 Å². The Morgan fingerprint density at radius 3 is 2.83 bits per heavy atom. The highest BCUT2D eigenvalue weighted by Crippen LogP contribution is 2.22. The van der Waals surface area contributed by atoms with E-state index in [-0.39, 0.29) is 11.5 Å². The fourth-order valence-electron chi connectivity index (χ4n) is 2.91. The number of aromatic amines is 1. The molecule has 0 saturated carbocycles.